The van der Waals surface area contributed by atoms with Crippen LogP contribution in [-0.2, 0) is 14.3 Å². The molecular weight excluding hydrogens is 430 g/mol. The zero-order valence-electron chi connectivity index (χ0n) is 19.6. The van der Waals surface area contributed by atoms with Crippen LogP contribution in [0.2, 0.25) is 0 Å². The third-order valence-corrected chi connectivity index (χ3v) is 8.20. The van der Waals surface area contributed by atoms with Crippen LogP contribution in [0.5, 0.6) is 0 Å². The topological polar surface area (TPSA) is 70.2 Å². The second-order valence-electron chi connectivity index (χ2n) is 10.4. The van der Waals surface area contributed by atoms with Crippen LogP contribution >= 0.6 is 0 Å². The molecule has 3 heterocycles. The first-order valence-corrected chi connectivity index (χ1v) is 12.5. The van der Waals surface area contributed by atoms with Crippen molar-refractivity contribution >= 4 is 23.5 Å². The molecule has 0 aromatic heterocycles. The summed E-state index contributed by atoms with van der Waals surface area (Å²) in [7, 11) is 0. The van der Waals surface area contributed by atoms with Gasteiger partial charge in [-0.05, 0) is 37.5 Å². The van der Waals surface area contributed by atoms with Crippen LogP contribution in [0, 0.1) is 24.7 Å². The van der Waals surface area contributed by atoms with E-state index in [1.165, 1.54) is 0 Å². The summed E-state index contributed by atoms with van der Waals surface area (Å²) in [5.41, 5.74) is 2.05. The lowest BCUT2D eigenvalue weighted by atomic mass is 9.78. The molecule has 1 aromatic carbocycles. The zero-order valence-corrected chi connectivity index (χ0v) is 19.6. The number of piperazine rings is 1. The first-order valence-electron chi connectivity index (χ1n) is 12.5. The van der Waals surface area contributed by atoms with Gasteiger partial charge < -0.3 is 19.4 Å². The summed E-state index contributed by atoms with van der Waals surface area (Å²) >= 11 is 0. The predicted molar refractivity (Wildman–Crippen MR) is 127 cm³/mol. The molecule has 7 heteroatoms. The summed E-state index contributed by atoms with van der Waals surface area (Å²) in [4.78, 5) is 44.5. The molecule has 178 valence electrons. The third kappa shape index (κ3) is 3.53. The predicted octanol–water partition coefficient (Wildman–Crippen LogP) is 2.55. The number of esters is 1. The summed E-state index contributed by atoms with van der Waals surface area (Å²) in [6.07, 6.45) is 10.6. The van der Waals surface area contributed by atoms with Crippen molar-refractivity contribution in [1.29, 1.82) is 0 Å². The van der Waals surface area contributed by atoms with Crippen molar-refractivity contribution in [3.63, 3.8) is 0 Å². The lowest BCUT2D eigenvalue weighted by Crippen LogP contribution is -2.49. The molecule has 6 rings (SSSR count). The number of anilines is 1. The van der Waals surface area contributed by atoms with Gasteiger partial charge in [-0.3, -0.25) is 14.4 Å². The van der Waals surface area contributed by atoms with Crippen molar-refractivity contribution in [2.24, 2.45) is 17.8 Å². The second-order valence-corrected chi connectivity index (χ2v) is 10.4. The Labute approximate surface area is 200 Å². The number of allylic oxidation sites excluding steroid dienone is 2. The molecule has 34 heavy (non-hydrogen) atoms. The molecule has 3 saturated heterocycles. The molecule has 2 aliphatic carbocycles. The summed E-state index contributed by atoms with van der Waals surface area (Å²) in [5.74, 6) is 0.125. The molecule has 1 aromatic rings. The van der Waals surface area contributed by atoms with Gasteiger partial charge in [0.25, 0.3) is 5.91 Å². The van der Waals surface area contributed by atoms with E-state index in [1.54, 1.807) is 0 Å². The Morgan fingerprint density at radius 2 is 1.76 bits per heavy atom. The van der Waals surface area contributed by atoms with E-state index in [1.807, 2.05) is 47.1 Å². The number of carbonyl (C=O) groups is 3. The van der Waals surface area contributed by atoms with Gasteiger partial charge in [-0.15, -0.1) is 0 Å². The Bertz CT molecular complexity index is 1100. The van der Waals surface area contributed by atoms with Gasteiger partial charge in [-0.25, -0.2) is 0 Å². The number of hydrogen-bond acceptors (Lipinski definition) is 5. The van der Waals surface area contributed by atoms with Crippen molar-refractivity contribution in [2.45, 2.75) is 31.8 Å². The van der Waals surface area contributed by atoms with Crippen LogP contribution < -0.4 is 4.90 Å². The first-order chi connectivity index (χ1) is 16.4. The van der Waals surface area contributed by atoms with Gasteiger partial charge in [0.05, 0.1) is 12.5 Å². The minimum atomic E-state index is -0.616. The summed E-state index contributed by atoms with van der Waals surface area (Å²) in [6, 6.07) is 6.07. The smallest absolute Gasteiger partial charge is 0.314 e. The second kappa shape index (κ2) is 8.00. The fourth-order valence-corrected chi connectivity index (χ4v) is 5.99. The molecule has 1 spiro atoms. The van der Waals surface area contributed by atoms with Gasteiger partial charge in [-0.1, -0.05) is 30.4 Å². The molecule has 0 bridgehead atoms. The number of carbonyl (C=O) groups excluding carboxylic acids is 3. The minimum absolute atomic E-state index is 0.00592. The average molecular weight is 462 g/mol. The lowest BCUT2D eigenvalue weighted by Gasteiger charge is -2.36. The molecule has 4 fully saturated rings. The number of rotatable bonds is 3. The van der Waals surface area contributed by atoms with E-state index in [4.69, 9.17) is 4.74 Å². The molecule has 3 atom stereocenters. The van der Waals surface area contributed by atoms with Crippen molar-refractivity contribution in [2.75, 3.05) is 44.2 Å². The van der Waals surface area contributed by atoms with E-state index in [2.05, 4.69) is 17.0 Å². The Balaban J connectivity index is 1.16. The van der Waals surface area contributed by atoms with Crippen molar-refractivity contribution in [3.8, 4) is 0 Å². The van der Waals surface area contributed by atoms with Crippen LogP contribution in [0.25, 0.3) is 0 Å². The van der Waals surface area contributed by atoms with Crippen molar-refractivity contribution < 1.29 is 19.1 Å². The fraction of sp³-hybridized carbons (Fsp3) is 0.519. The van der Waals surface area contributed by atoms with Gasteiger partial charge in [0.15, 0.2) is 0 Å². The van der Waals surface area contributed by atoms with Crippen LogP contribution in [0.1, 0.15) is 35.2 Å². The molecule has 1 saturated carbocycles. The molecule has 5 aliphatic rings. The molecule has 0 radical (unpaired) electrons. The van der Waals surface area contributed by atoms with Crippen LogP contribution in [0.3, 0.4) is 0 Å². The van der Waals surface area contributed by atoms with Gasteiger partial charge in [0.1, 0.15) is 5.60 Å². The summed E-state index contributed by atoms with van der Waals surface area (Å²) in [6.45, 7) is 6.01. The highest BCUT2D eigenvalue weighted by molar-refractivity contribution is 5.97. The van der Waals surface area contributed by atoms with E-state index < -0.39 is 5.60 Å². The van der Waals surface area contributed by atoms with Gasteiger partial charge >= 0.3 is 5.97 Å². The molecule has 7 nitrogen and oxygen atoms in total. The molecule has 3 aliphatic heterocycles. The Hall–Kier alpha value is -3.09. The van der Waals surface area contributed by atoms with Gasteiger partial charge in [0, 0.05) is 62.2 Å². The number of likely N-dealkylation sites (tertiary alicyclic amines) is 1. The maximum absolute atomic E-state index is 13.6. The quantitative estimate of drug-likeness (QED) is 0.647. The molecule has 0 N–H and O–H groups in total. The van der Waals surface area contributed by atoms with Gasteiger partial charge in [-0.2, -0.15) is 0 Å². The molecule has 2 amide bonds. The lowest BCUT2D eigenvalue weighted by molar-refractivity contribution is -0.149. The standard InChI is InChI=1S/C27H31N3O4/c1-18-6-9-20(28-12-14-29(15-13-28)24(31)19-7-8-19)16-22(18)25(32)30-11-10-27(17-30)23-5-3-2-4-21(23)26(33)34-27/h2-6,9,16,19,21,23H,7-8,10-15,17H2,1H3/t21?,23?,27-/m0/s1. The van der Waals surface area contributed by atoms with E-state index in [9.17, 15) is 14.4 Å². The molecule has 2 unspecified atom stereocenters. The summed E-state index contributed by atoms with van der Waals surface area (Å²) in [5, 5.41) is 0. The van der Waals surface area contributed by atoms with E-state index in [-0.39, 0.29) is 29.6 Å². The SMILES string of the molecule is Cc1ccc(N2CCN(C(=O)C3CC3)CC2)cc1C(=O)N1CC[C@@]2(C1)OC(=O)C1C=CC=CC12. The van der Waals surface area contributed by atoms with Crippen molar-refractivity contribution in [1.82, 2.24) is 9.80 Å². The number of benzene rings is 1. The number of nitrogens with zero attached hydrogens (tertiary/aromatic N) is 3. The number of fused-ring (bicyclic) bond motifs is 2. The highest BCUT2D eigenvalue weighted by Gasteiger charge is 2.57. The van der Waals surface area contributed by atoms with E-state index in [0.717, 1.165) is 50.3 Å². The largest absolute Gasteiger partial charge is 0.456 e. The maximum Gasteiger partial charge on any atom is 0.314 e. The molecular formula is C27H31N3O4. The highest BCUT2D eigenvalue weighted by Crippen LogP contribution is 2.46. The van der Waals surface area contributed by atoms with Crippen molar-refractivity contribution in [3.05, 3.63) is 53.6 Å². The van der Waals surface area contributed by atoms with Gasteiger partial charge in [0.2, 0.25) is 5.91 Å². The van der Waals surface area contributed by atoms with Crippen LogP contribution in [-0.4, -0.2) is 72.5 Å². The number of aryl methyl sites for hydroxylation is 1. The van der Waals surface area contributed by atoms with E-state index in [0.29, 0.717) is 31.0 Å². The Morgan fingerprint density at radius 3 is 2.53 bits per heavy atom. The normalized spacial score (nSPS) is 30.1. The van der Waals surface area contributed by atoms with E-state index >= 15 is 0 Å². The maximum atomic E-state index is 13.6. The van der Waals surface area contributed by atoms with Crippen LogP contribution in [0.15, 0.2) is 42.5 Å². The van der Waals surface area contributed by atoms with Crippen LogP contribution in [0.4, 0.5) is 5.69 Å². The Kier molecular flexibility index (Phi) is 5.04. The monoisotopic (exact) mass is 461 g/mol. The highest BCUT2D eigenvalue weighted by atomic mass is 16.6. The average Bonchev–Trinajstić information content (AvgIpc) is 3.57. The number of ether oxygens (including phenoxy) is 1. The zero-order chi connectivity index (χ0) is 23.4. The Morgan fingerprint density at radius 1 is 1.00 bits per heavy atom. The summed E-state index contributed by atoms with van der Waals surface area (Å²) < 4.78 is 5.90. The first kappa shape index (κ1) is 21.4. The fourth-order valence-electron chi connectivity index (χ4n) is 5.99. The number of amides is 2. The number of hydrogen-bond donors (Lipinski definition) is 0. The minimum Gasteiger partial charge on any atom is -0.456 e. The third-order valence-electron chi connectivity index (χ3n) is 8.20.